The van der Waals surface area contributed by atoms with E-state index in [1.165, 1.54) is 9.58 Å². The summed E-state index contributed by atoms with van der Waals surface area (Å²) in [4.78, 5) is 23.9. The molecule has 9 heteroatoms. The van der Waals surface area contributed by atoms with Gasteiger partial charge in [-0.15, -0.1) is 0 Å². The molecular weight excluding hydrogens is 356 g/mol. The Morgan fingerprint density at radius 3 is 2.88 bits per heavy atom. The molecule has 0 aliphatic heterocycles. The van der Waals surface area contributed by atoms with Crippen LogP contribution in [0.2, 0.25) is 0 Å². The van der Waals surface area contributed by atoms with Crippen LogP contribution in [0.3, 0.4) is 0 Å². The number of methoxy groups -OCH3 is 1. The van der Waals surface area contributed by atoms with Crippen LogP contribution in [0.25, 0.3) is 11.1 Å². The number of ether oxygens (including phenoxy) is 1. The number of rotatable bonds is 8. The van der Waals surface area contributed by atoms with E-state index in [2.05, 4.69) is 10.7 Å². The minimum absolute atomic E-state index is 0.172. The number of hydrogen-bond acceptors (Lipinski definition) is 5. The number of amides is 1. The van der Waals surface area contributed by atoms with Crippen LogP contribution in [0.1, 0.15) is 19.3 Å². The monoisotopic (exact) mass is 380 g/mol. The van der Waals surface area contributed by atoms with Crippen molar-refractivity contribution in [1.29, 1.82) is 0 Å². The Morgan fingerprint density at radius 2 is 2.12 bits per heavy atom. The lowest BCUT2D eigenvalue weighted by molar-refractivity contribution is -0.124. The molecule has 2 aromatic rings. The lowest BCUT2D eigenvalue weighted by Gasteiger charge is -2.21. The predicted octanol–water partition coefficient (Wildman–Crippen LogP) is 1.25. The minimum Gasteiger partial charge on any atom is -0.408 e. The van der Waals surface area contributed by atoms with Crippen molar-refractivity contribution in [2.75, 3.05) is 27.3 Å². The summed E-state index contributed by atoms with van der Waals surface area (Å²) >= 11 is 5.19. The van der Waals surface area contributed by atoms with Gasteiger partial charge in [-0.3, -0.25) is 19.8 Å². The summed E-state index contributed by atoms with van der Waals surface area (Å²) in [5.41, 5.74) is 3.98. The van der Waals surface area contributed by atoms with Crippen LogP contribution in [0, 0.1) is 0 Å². The highest BCUT2D eigenvalue weighted by molar-refractivity contribution is 7.80. The van der Waals surface area contributed by atoms with Gasteiger partial charge in [0.2, 0.25) is 5.91 Å². The normalized spacial score (nSPS) is 10.7. The number of oxazole rings is 1. The zero-order valence-electron chi connectivity index (χ0n) is 15.0. The molecule has 0 aliphatic rings. The van der Waals surface area contributed by atoms with Gasteiger partial charge in [0.25, 0.3) is 0 Å². The number of benzene rings is 1. The van der Waals surface area contributed by atoms with Gasteiger partial charge in [0.1, 0.15) is 0 Å². The van der Waals surface area contributed by atoms with E-state index in [0.29, 0.717) is 36.8 Å². The molecule has 2 rings (SSSR count). The zero-order valence-corrected chi connectivity index (χ0v) is 15.8. The van der Waals surface area contributed by atoms with E-state index in [4.69, 9.17) is 21.4 Å². The van der Waals surface area contributed by atoms with Gasteiger partial charge in [-0.25, -0.2) is 4.79 Å². The average Bonchev–Trinajstić information content (AvgIpc) is 2.94. The van der Waals surface area contributed by atoms with Crippen LogP contribution < -0.4 is 16.5 Å². The molecule has 0 aliphatic carbocycles. The quantitative estimate of drug-likeness (QED) is 0.405. The summed E-state index contributed by atoms with van der Waals surface area (Å²) in [6.07, 6.45) is 1.60. The second-order valence-corrected chi connectivity index (χ2v) is 6.15. The topological polar surface area (TPSA) is 88.7 Å². The molecule has 2 N–H and O–H groups in total. The van der Waals surface area contributed by atoms with Gasteiger partial charge in [0, 0.05) is 40.3 Å². The van der Waals surface area contributed by atoms with Crippen LogP contribution in [0.15, 0.2) is 33.5 Å². The van der Waals surface area contributed by atoms with Crippen LogP contribution in [-0.4, -0.2) is 47.9 Å². The highest BCUT2D eigenvalue weighted by Gasteiger charge is 2.11. The molecule has 26 heavy (non-hydrogen) atoms. The van der Waals surface area contributed by atoms with Gasteiger partial charge in [0.15, 0.2) is 10.7 Å². The van der Waals surface area contributed by atoms with E-state index in [1.54, 1.807) is 20.2 Å². The Bertz CT molecular complexity index is 801. The number of fused-ring (bicyclic) bond motifs is 1. The van der Waals surface area contributed by atoms with Crippen molar-refractivity contribution < 1.29 is 13.9 Å². The standard InChI is InChI=1S/C17H24N4O4S/c1-20(16(26)18-10-6-12-24-2)19-15(22)9-5-11-21-13-7-3-4-8-14(13)25-17(21)23/h3-4,7-8H,5-6,9-12H2,1-2H3,(H,18,26)(H,19,22). The maximum absolute atomic E-state index is 12.0. The Hall–Kier alpha value is -2.39. The lowest BCUT2D eigenvalue weighted by atomic mass is 10.3. The number of nitrogens with one attached hydrogen (secondary N) is 2. The van der Waals surface area contributed by atoms with Crippen LogP contribution in [-0.2, 0) is 16.1 Å². The number of nitrogens with zero attached hydrogens (tertiary/aromatic N) is 2. The molecule has 1 aromatic heterocycles. The van der Waals surface area contributed by atoms with Crippen molar-refractivity contribution in [3.05, 3.63) is 34.8 Å². The summed E-state index contributed by atoms with van der Waals surface area (Å²) < 4.78 is 11.7. The van der Waals surface area contributed by atoms with Gasteiger partial charge in [0.05, 0.1) is 5.52 Å². The summed E-state index contributed by atoms with van der Waals surface area (Å²) in [7, 11) is 3.32. The molecule has 8 nitrogen and oxygen atoms in total. The first kappa shape index (κ1) is 19.9. The van der Waals surface area contributed by atoms with E-state index >= 15 is 0 Å². The Morgan fingerprint density at radius 1 is 1.35 bits per heavy atom. The summed E-state index contributed by atoms with van der Waals surface area (Å²) in [6.45, 7) is 1.73. The summed E-state index contributed by atoms with van der Waals surface area (Å²) in [5.74, 6) is -0.584. The fourth-order valence-electron chi connectivity index (χ4n) is 2.45. The van der Waals surface area contributed by atoms with Crippen LogP contribution in [0.5, 0.6) is 0 Å². The number of para-hydroxylation sites is 2. The zero-order chi connectivity index (χ0) is 18.9. The highest BCUT2D eigenvalue weighted by atomic mass is 32.1. The summed E-state index contributed by atoms with van der Waals surface area (Å²) in [6, 6.07) is 7.22. The number of aryl methyl sites for hydroxylation is 1. The molecule has 1 amide bonds. The Kier molecular flexibility index (Phi) is 7.61. The van der Waals surface area contributed by atoms with Crippen molar-refractivity contribution in [1.82, 2.24) is 20.3 Å². The molecule has 0 unspecified atom stereocenters. The summed E-state index contributed by atoms with van der Waals surface area (Å²) in [5, 5.41) is 4.95. The molecule has 142 valence electrons. The second kappa shape index (κ2) is 9.93. The van der Waals surface area contributed by atoms with Gasteiger partial charge >= 0.3 is 5.76 Å². The molecule has 0 radical (unpaired) electrons. The number of thiocarbonyl (C=S) groups is 1. The molecule has 1 aromatic carbocycles. The number of hydrazine groups is 1. The maximum Gasteiger partial charge on any atom is 0.419 e. The molecule has 0 bridgehead atoms. The number of hydrogen-bond donors (Lipinski definition) is 2. The SMILES string of the molecule is COCCCNC(=S)N(C)NC(=O)CCCn1c(=O)oc2ccccc21. The van der Waals surface area contributed by atoms with Crippen LogP contribution in [0.4, 0.5) is 0 Å². The first-order chi connectivity index (χ1) is 12.5. The van der Waals surface area contributed by atoms with E-state index in [9.17, 15) is 9.59 Å². The fraction of sp³-hybridized carbons (Fsp3) is 0.471. The molecule has 0 atom stereocenters. The average molecular weight is 380 g/mol. The largest absolute Gasteiger partial charge is 0.419 e. The van der Waals surface area contributed by atoms with Gasteiger partial charge < -0.3 is 14.5 Å². The number of carbonyl (C=O) groups is 1. The van der Waals surface area contributed by atoms with Gasteiger partial charge in [-0.2, -0.15) is 0 Å². The smallest absolute Gasteiger partial charge is 0.408 e. The third-order valence-electron chi connectivity index (χ3n) is 3.76. The van der Waals surface area contributed by atoms with E-state index in [-0.39, 0.29) is 12.3 Å². The molecule has 0 fully saturated rings. The van der Waals surface area contributed by atoms with E-state index < -0.39 is 5.76 Å². The Balaban J connectivity index is 1.75. The third-order valence-corrected chi connectivity index (χ3v) is 4.18. The lowest BCUT2D eigenvalue weighted by Crippen LogP contribution is -2.48. The molecule has 0 spiro atoms. The first-order valence-electron chi connectivity index (χ1n) is 8.41. The van der Waals surface area contributed by atoms with Gasteiger partial charge in [-0.1, -0.05) is 12.1 Å². The second-order valence-electron chi connectivity index (χ2n) is 5.76. The fourth-order valence-corrected chi connectivity index (χ4v) is 2.60. The van der Waals surface area contributed by atoms with E-state index in [1.807, 2.05) is 18.2 Å². The minimum atomic E-state index is -0.412. The van der Waals surface area contributed by atoms with Gasteiger partial charge in [-0.05, 0) is 37.2 Å². The van der Waals surface area contributed by atoms with Crippen molar-refractivity contribution in [2.45, 2.75) is 25.8 Å². The molecular formula is C17H24N4O4S. The Labute approximate surface area is 157 Å². The molecule has 0 saturated heterocycles. The van der Waals surface area contributed by atoms with Crippen molar-refractivity contribution in [3.8, 4) is 0 Å². The van der Waals surface area contributed by atoms with Crippen molar-refractivity contribution >= 4 is 34.3 Å². The molecule has 1 heterocycles. The molecule has 0 saturated carbocycles. The number of carbonyl (C=O) groups excluding carboxylic acids is 1. The highest BCUT2D eigenvalue weighted by Crippen LogP contribution is 2.12. The maximum atomic E-state index is 12.0. The predicted molar refractivity (Wildman–Crippen MR) is 103 cm³/mol. The van der Waals surface area contributed by atoms with Crippen molar-refractivity contribution in [2.24, 2.45) is 0 Å². The number of aromatic nitrogens is 1. The third kappa shape index (κ3) is 5.57. The van der Waals surface area contributed by atoms with E-state index in [0.717, 1.165) is 11.9 Å². The first-order valence-corrected chi connectivity index (χ1v) is 8.82. The van der Waals surface area contributed by atoms with Crippen LogP contribution >= 0.6 is 12.2 Å². The van der Waals surface area contributed by atoms with Crippen molar-refractivity contribution in [3.63, 3.8) is 0 Å².